The van der Waals surface area contributed by atoms with Crippen molar-refractivity contribution < 1.29 is 0 Å². The van der Waals surface area contributed by atoms with Gasteiger partial charge in [-0.25, -0.2) is 0 Å². The van der Waals surface area contributed by atoms with Crippen LogP contribution >= 0.6 is 23.8 Å². The molecule has 0 spiro atoms. The van der Waals surface area contributed by atoms with E-state index in [1.54, 1.807) is 0 Å². The average Bonchev–Trinajstić information content (AvgIpc) is 2.69. The molecule has 0 aliphatic rings. The third-order valence-corrected chi connectivity index (χ3v) is 5.21. The first-order chi connectivity index (χ1) is 13.1. The third kappa shape index (κ3) is 5.81. The van der Waals surface area contributed by atoms with Crippen molar-refractivity contribution in [1.82, 2.24) is 4.90 Å². The highest BCUT2D eigenvalue weighted by atomic mass is 35.5. The Hall–Kier alpha value is -2.36. The van der Waals surface area contributed by atoms with Crippen LogP contribution in [0.25, 0.3) is 0 Å². The monoisotopic (exact) mass is 394 g/mol. The number of anilines is 1. The molecular formula is C23H23ClN2S. The molecule has 138 valence electrons. The second kappa shape index (κ2) is 9.54. The van der Waals surface area contributed by atoms with Gasteiger partial charge < -0.3 is 10.2 Å². The van der Waals surface area contributed by atoms with Gasteiger partial charge in [0.15, 0.2) is 5.11 Å². The van der Waals surface area contributed by atoms with Crippen molar-refractivity contribution in [3.05, 3.63) is 101 Å². The van der Waals surface area contributed by atoms with Crippen LogP contribution in [0.1, 0.15) is 16.7 Å². The number of benzene rings is 3. The van der Waals surface area contributed by atoms with Crippen LogP contribution in [0.3, 0.4) is 0 Å². The SMILES string of the molecule is Cc1ccc(NC(=S)N(CCc2ccccc2)Cc2ccccc2)cc1Cl. The Morgan fingerprint density at radius 3 is 2.19 bits per heavy atom. The molecule has 0 saturated heterocycles. The van der Waals surface area contributed by atoms with Gasteiger partial charge in [-0.3, -0.25) is 0 Å². The van der Waals surface area contributed by atoms with E-state index in [9.17, 15) is 0 Å². The van der Waals surface area contributed by atoms with Crippen molar-refractivity contribution in [2.24, 2.45) is 0 Å². The van der Waals surface area contributed by atoms with Crippen molar-refractivity contribution in [3.8, 4) is 0 Å². The number of hydrogen-bond donors (Lipinski definition) is 1. The predicted octanol–water partition coefficient (Wildman–Crippen LogP) is 6.09. The topological polar surface area (TPSA) is 15.3 Å². The maximum absolute atomic E-state index is 6.25. The summed E-state index contributed by atoms with van der Waals surface area (Å²) in [4.78, 5) is 2.20. The molecular weight excluding hydrogens is 372 g/mol. The van der Waals surface area contributed by atoms with E-state index < -0.39 is 0 Å². The summed E-state index contributed by atoms with van der Waals surface area (Å²) in [6, 6.07) is 26.8. The van der Waals surface area contributed by atoms with E-state index in [-0.39, 0.29) is 0 Å². The van der Waals surface area contributed by atoms with Crippen molar-refractivity contribution in [2.45, 2.75) is 19.9 Å². The van der Waals surface area contributed by atoms with Crippen LogP contribution in [0.2, 0.25) is 5.02 Å². The molecule has 0 atom stereocenters. The summed E-state index contributed by atoms with van der Waals surface area (Å²) < 4.78 is 0. The largest absolute Gasteiger partial charge is 0.344 e. The van der Waals surface area contributed by atoms with Crippen molar-refractivity contribution in [2.75, 3.05) is 11.9 Å². The highest BCUT2D eigenvalue weighted by Gasteiger charge is 2.11. The van der Waals surface area contributed by atoms with Crippen LogP contribution in [0.15, 0.2) is 78.9 Å². The van der Waals surface area contributed by atoms with Crippen LogP contribution in [0.5, 0.6) is 0 Å². The fourth-order valence-electron chi connectivity index (χ4n) is 2.84. The van der Waals surface area contributed by atoms with E-state index in [1.807, 2.05) is 37.3 Å². The molecule has 0 aliphatic carbocycles. The molecule has 2 nitrogen and oxygen atoms in total. The van der Waals surface area contributed by atoms with Gasteiger partial charge in [0.1, 0.15) is 0 Å². The molecule has 4 heteroatoms. The smallest absolute Gasteiger partial charge is 0.173 e. The lowest BCUT2D eigenvalue weighted by Crippen LogP contribution is -2.35. The minimum atomic E-state index is 0.703. The van der Waals surface area contributed by atoms with E-state index in [4.69, 9.17) is 23.8 Å². The molecule has 0 saturated carbocycles. The Balaban J connectivity index is 1.72. The van der Waals surface area contributed by atoms with E-state index >= 15 is 0 Å². The molecule has 0 heterocycles. The lowest BCUT2D eigenvalue weighted by molar-refractivity contribution is 0.423. The second-order valence-electron chi connectivity index (χ2n) is 6.54. The van der Waals surface area contributed by atoms with Gasteiger partial charge >= 0.3 is 0 Å². The summed E-state index contributed by atoms with van der Waals surface area (Å²) in [6.07, 6.45) is 0.935. The minimum absolute atomic E-state index is 0.703. The van der Waals surface area contributed by atoms with Gasteiger partial charge in [-0.05, 0) is 54.4 Å². The standard InChI is InChI=1S/C23H23ClN2S/c1-18-12-13-21(16-22(18)24)25-23(27)26(17-20-10-6-3-7-11-20)15-14-19-8-4-2-5-9-19/h2-13,16H,14-15,17H2,1H3,(H,25,27). The molecule has 3 aromatic rings. The maximum atomic E-state index is 6.25. The average molecular weight is 395 g/mol. The molecule has 0 aromatic heterocycles. The summed E-state index contributed by atoms with van der Waals surface area (Å²) in [5.74, 6) is 0. The molecule has 0 fully saturated rings. The van der Waals surface area contributed by atoms with Gasteiger partial charge in [0.2, 0.25) is 0 Å². The third-order valence-electron chi connectivity index (χ3n) is 4.44. The van der Waals surface area contributed by atoms with Crippen molar-refractivity contribution >= 4 is 34.6 Å². The molecule has 0 bridgehead atoms. The van der Waals surface area contributed by atoms with Gasteiger partial charge in [0, 0.05) is 23.8 Å². The molecule has 0 amide bonds. The van der Waals surface area contributed by atoms with Gasteiger partial charge in [-0.1, -0.05) is 78.3 Å². The Morgan fingerprint density at radius 1 is 0.926 bits per heavy atom. The zero-order valence-corrected chi connectivity index (χ0v) is 16.9. The molecule has 3 aromatic carbocycles. The van der Waals surface area contributed by atoms with Crippen molar-refractivity contribution in [3.63, 3.8) is 0 Å². The summed E-state index contributed by atoms with van der Waals surface area (Å²) in [5.41, 5.74) is 4.50. The van der Waals surface area contributed by atoms with Crippen LogP contribution in [0, 0.1) is 6.92 Å². The van der Waals surface area contributed by atoms with E-state index in [1.165, 1.54) is 11.1 Å². The summed E-state index contributed by atoms with van der Waals surface area (Å²) in [5, 5.41) is 4.78. The first kappa shape index (κ1) is 19.4. The first-order valence-electron chi connectivity index (χ1n) is 9.02. The zero-order valence-electron chi connectivity index (χ0n) is 15.4. The number of thiocarbonyl (C=S) groups is 1. The molecule has 0 radical (unpaired) electrons. The molecule has 27 heavy (non-hydrogen) atoms. The fraction of sp³-hybridized carbons (Fsp3) is 0.174. The number of halogens is 1. The molecule has 3 rings (SSSR count). The fourth-order valence-corrected chi connectivity index (χ4v) is 3.29. The normalized spacial score (nSPS) is 10.4. The number of nitrogens with one attached hydrogen (secondary N) is 1. The Kier molecular flexibility index (Phi) is 6.86. The summed E-state index contributed by atoms with van der Waals surface area (Å²) >= 11 is 12.0. The van der Waals surface area contributed by atoms with Crippen LogP contribution < -0.4 is 5.32 Å². The first-order valence-corrected chi connectivity index (χ1v) is 9.80. The highest BCUT2D eigenvalue weighted by molar-refractivity contribution is 7.80. The second-order valence-corrected chi connectivity index (χ2v) is 7.33. The van der Waals surface area contributed by atoms with E-state index in [0.29, 0.717) is 5.11 Å². The van der Waals surface area contributed by atoms with Crippen LogP contribution in [0.4, 0.5) is 5.69 Å². The lowest BCUT2D eigenvalue weighted by Gasteiger charge is -2.26. The maximum Gasteiger partial charge on any atom is 0.173 e. The Bertz CT molecular complexity index is 881. The molecule has 0 unspecified atom stereocenters. The Labute approximate surface area is 171 Å². The summed E-state index contributed by atoms with van der Waals surface area (Å²) in [6.45, 7) is 3.59. The lowest BCUT2D eigenvalue weighted by atomic mass is 10.1. The van der Waals surface area contributed by atoms with Crippen molar-refractivity contribution in [1.29, 1.82) is 0 Å². The zero-order chi connectivity index (χ0) is 19.1. The minimum Gasteiger partial charge on any atom is -0.344 e. The van der Waals surface area contributed by atoms with Gasteiger partial charge in [-0.15, -0.1) is 0 Å². The van der Waals surface area contributed by atoms with Gasteiger partial charge in [-0.2, -0.15) is 0 Å². The van der Waals surface area contributed by atoms with Crippen LogP contribution in [-0.4, -0.2) is 16.6 Å². The predicted molar refractivity (Wildman–Crippen MR) is 119 cm³/mol. The number of hydrogen-bond acceptors (Lipinski definition) is 1. The van der Waals surface area contributed by atoms with E-state index in [0.717, 1.165) is 35.8 Å². The summed E-state index contributed by atoms with van der Waals surface area (Å²) in [7, 11) is 0. The number of aryl methyl sites for hydroxylation is 1. The molecule has 0 aliphatic heterocycles. The van der Waals surface area contributed by atoms with E-state index in [2.05, 4.69) is 58.7 Å². The quantitative estimate of drug-likeness (QED) is 0.509. The molecule has 1 N–H and O–H groups in total. The number of rotatable bonds is 6. The van der Waals surface area contributed by atoms with Gasteiger partial charge in [0.25, 0.3) is 0 Å². The van der Waals surface area contributed by atoms with Gasteiger partial charge in [0.05, 0.1) is 0 Å². The van der Waals surface area contributed by atoms with Crippen LogP contribution in [-0.2, 0) is 13.0 Å². The Morgan fingerprint density at radius 2 is 1.56 bits per heavy atom. The number of nitrogens with zero attached hydrogens (tertiary/aromatic N) is 1. The highest BCUT2D eigenvalue weighted by Crippen LogP contribution is 2.20.